The molecule has 1 heterocycles. The van der Waals surface area contributed by atoms with Crippen molar-refractivity contribution in [2.45, 2.75) is 39.3 Å². The van der Waals surface area contributed by atoms with Crippen molar-refractivity contribution in [1.82, 2.24) is 9.88 Å². The maximum absolute atomic E-state index is 5.78. The number of aromatic nitrogens is 1. The van der Waals surface area contributed by atoms with Gasteiger partial charge in [0.15, 0.2) is 0 Å². The molecule has 2 rings (SSSR count). The van der Waals surface area contributed by atoms with Crippen molar-refractivity contribution in [1.29, 1.82) is 0 Å². The summed E-state index contributed by atoms with van der Waals surface area (Å²) < 4.78 is 0. The van der Waals surface area contributed by atoms with E-state index in [1.54, 1.807) is 0 Å². The standard InChI is InChI=1S/C13H19ClN2/c1-10(2)16(8-11-3-4-11)9-12-5-6-13(14)15-7-12/h5-7,10-11H,3-4,8-9H2,1-2H3. The quantitative estimate of drug-likeness (QED) is 0.732. The first-order chi connectivity index (χ1) is 7.65. The summed E-state index contributed by atoms with van der Waals surface area (Å²) >= 11 is 5.78. The largest absolute Gasteiger partial charge is 0.296 e. The summed E-state index contributed by atoms with van der Waals surface area (Å²) in [5.41, 5.74) is 1.25. The van der Waals surface area contributed by atoms with Crippen LogP contribution in [0.25, 0.3) is 0 Å². The minimum atomic E-state index is 0.571. The Morgan fingerprint density at radius 2 is 2.19 bits per heavy atom. The van der Waals surface area contributed by atoms with Crippen LogP contribution in [-0.4, -0.2) is 22.5 Å². The first kappa shape index (κ1) is 11.9. The molecular weight excluding hydrogens is 220 g/mol. The summed E-state index contributed by atoms with van der Waals surface area (Å²) in [6, 6.07) is 4.53. The van der Waals surface area contributed by atoms with E-state index in [1.807, 2.05) is 12.3 Å². The van der Waals surface area contributed by atoms with Crippen LogP contribution >= 0.6 is 11.6 Å². The fourth-order valence-corrected chi connectivity index (χ4v) is 1.94. The third-order valence-corrected chi connectivity index (χ3v) is 3.32. The third kappa shape index (κ3) is 3.46. The van der Waals surface area contributed by atoms with Crippen LogP contribution in [0.15, 0.2) is 18.3 Å². The molecule has 16 heavy (non-hydrogen) atoms. The Labute approximate surface area is 103 Å². The van der Waals surface area contributed by atoms with Crippen molar-refractivity contribution in [3.05, 3.63) is 29.0 Å². The van der Waals surface area contributed by atoms with E-state index in [0.29, 0.717) is 11.2 Å². The molecule has 3 heteroatoms. The highest BCUT2D eigenvalue weighted by molar-refractivity contribution is 6.29. The molecule has 0 N–H and O–H groups in total. The molecule has 0 amide bonds. The Morgan fingerprint density at radius 3 is 2.69 bits per heavy atom. The van der Waals surface area contributed by atoms with E-state index in [9.17, 15) is 0 Å². The average molecular weight is 239 g/mol. The van der Waals surface area contributed by atoms with E-state index in [4.69, 9.17) is 11.6 Å². The highest BCUT2D eigenvalue weighted by Gasteiger charge is 2.25. The van der Waals surface area contributed by atoms with Crippen LogP contribution in [0.5, 0.6) is 0 Å². The highest BCUT2D eigenvalue weighted by atomic mass is 35.5. The van der Waals surface area contributed by atoms with E-state index in [-0.39, 0.29) is 0 Å². The molecule has 2 nitrogen and oxygen atoms in total. The lowest BCUT2D eigenvalue weighted by atomic mass is 10.2. The Hall–Kier alpha value is -0.600. The monoisotopic (exact) mass is 238 g/mol. The second kappa shape index (κ2) is 5.15. The number of halogens is 1. The van der Waals surface area contributed by atoms with Crippen molar-refractivity contribution >= 4 is 11.6 Å². The predicted molar refractivity (Wildman–Crippen MR) is 67.5 cm³/mol. The number of nitrogens with zero attached hydrogens (tertiary/aromatic N) is 2. The number of hydrogen-bond donors (Lipinski definition) is 0. The molecule has 0 atom stereocenters. The molecule has 1 aromatic heterocycles. The van der Waals surface area contributed by atoms with Crippen LogP contribution in [0, 0.1) is 5.92 Å². The topological polar surface area (TPSA) is 16.1 Å². The van der Waals surface area contributed by atoms with Crippen molar-refractivity contribution in [3.63, 3.8) is 0 Å². The molecule has 0 radical (unpaired) electrons. The van der Waals surface area contributed by atoms with Gasteiger partial charge in [-0.1, -0.05) is 17.7 Å². The summed E-state index contributed by atoms with van der Waals surface area (Å²) in [6.45, 7) is 6.72. The molecule has 1 aromatic rings. The predicted octanol–water partition coefficient (Wildman–Crippen LogP) is 3.36. The number of pyridine rings is 1. The van der Waals surface area contributed by atoms with E-state index in [0.717, 1.165) is 12.5 Å². The van der Waals surface area contributed by atoms with Gasteiger partial charge in [-0.05, 0) is 44.2 Å². The maximum Gasteiger partial charge on any atom is 0.129 e. The molecule has 1 aliphatic carbocycles. The minimum absolute atomic E-state index is 0.571. The molecule has 0 aromatic carbocycles. The van der Waals surface area contributed by atoms with E-state index in [1.165, 1.54) is 24.9 Å². The lowest BCUT2D eigenvalue weighted by Gasteiger charge is -2.26. The van der Waals surface area contributed by atoms with E-state index >= 15 is 0 Å². The van der Waals surface area contributed by atoms with Gasteiger partial charge in [0, 0.05) is 25.3 Å². The summed E-state index contributed by atoms with van der Waals surface area (Å²) in [5, 5.41) is 0.571. The van der Waals surface area contributed by atoms with Crippen molar-refractivity contribution in [2.75, 3.05) is 6.54 Å². The molecule has 0 bridgehead atoms. The molecule has 1 fully saturated rings. The third-order valence-electron chi connectivity index (χ3n) is 3.09. The lowest BCUT2D eigenvalue weighted by Crippen LogP contribution is -2.32. The van der Waals surface area contributed by atoms with Gasteiger partial charge in [0.05, 0.1) is 0 Å². The molecule has 1 aliphatic rings. The second-order valence-corrected chi connectivity index (χ2v) is 5.34. The number of rotatable bonds is 5. The van der Waals surface area contributed by atoms with Crippen LogP contribution in [-0.2, 0) is 6.54 Å². The van der Waals surface area contributed by atoms with Gasteiger partial charge in [-0.2, -0.15) is 0 Å². The Balaban J connectivity index is 1.95. The normalized spacial score (nSPS) is 16.1. The first-order valence-electron chi connectivity index (χ1n) is 5.99. The summed E-state index contributed by atoms with van der Waals surface area (Å²) in [7, 11) is 0. The fourth-order valence-electron chi connectivity index (χ4n) is 1.82. The van der Waals surface area contributed by atoms with Crippen LogP contribution in [0.4, 0.5) is 0 Å². The summed E-state index contributed by atoms with van der Waals surface area (Å²) in [5.74, 6) is 0.933. The van der Waals surface area contributed by atoms with E-state index in [2.05, 4.69) is 29.8 Å². The Morgan fingerprint density at radius 1 is 1.44 bits per heavy atom. The highest BCUT2D eigenvalue weighted by Crippen LogP contribution is 2.30. The lowest BCUT2D eigenvalue weighted by molar-refractivity contribution is 0.203. The van der Waals surface area contributed by atoms with Crippen molar-refractivity contribution < 1.29 is 0 Å². The van der Waals surface area contributed by atoms with Crippen LogP contribution < -0.4 is 0 Å². The van der Waals surface area contributed by atoms with Crippen LogP contribution in [0.1, 0.15) is 32.3 Å². The Bertz CT molecular complexity index is 330. The van der Waals surface area contributed by atoms with Gasteiger partial charge in [0.25, 0.3) is 0 Å². The summed E-state index contributed by atoms with van der Waals surface area (Å²) in [4.78, 5) is 6.64. The zero-order chi connectivity index (χ0) is 11.5. The Kier molecular flexibility index (Phi) is 3.82. The molecule has 0 aliphatic heterocycles. The van der Waals surface area contributed by atoms with Crippen molar-refractivity contribution in [2.24, 2.45) is 5.92 Å². The van der Waals surface area contributed by atoms with Gasteiger partial charge < -0.3 is 0 Å². The van der Waals surface area contributed by atoms with E-state index < -0.39 is 0 Å². The maximum atomic E-state index is 5.78. The molecule has 88 valence electrons. The molecule has 0 saturated heterocycles. The summed E-state index contributed by atoms with van der Waals surface area (Å²) in [6.07, 6.45) is 4.69. The van der Waals surface area contributed by atoms with Gasteiger partial charge in [0.2, 0.25) is 0 Å². The number of hydrogen-bond acceptors (Lipinski definition) is 2. The fraction of sp³-hybridized carbons (Fsp3) is 0.615. The molecular formula is C13H19ClN2. The zero-order valence-electron chi connectivity index (χ0n) is 9.99. The van der Waals surface area contributed by atoms with Gasteiger partial charge in [-0.3, -0.25) is 4.90 Å². The van der Waals surface area contributed by atoms with Crippen molar-refractivity contribution in [3.8, 4) is 0 Å². The first-order valence-corrected chi connectivity index (χ1v) is 6.37. The van der Waals surface area contributed by atoms with Gasteiger partial charge >= 0.3 is 0 Å². The smallest absolute Gasteiger partial charge is 0.129 e. The minimum Gasteiger partial charge on any atom is -0.296 e. The van der Waals surface area contributed by atoms with Gasteiger partial charge in [-0.15, -0.1) is 0 Å². The average Bonchev–Trinajstić information content (AvgIpc) is 3.04. The zero-order valence-corrected chi connectivity index (χ0v) is 10.7. The van der Waals surface area contributed by atoms with Gasteiger partial charge in [-0.25, -0.2) is 4.98 Å². The SMILES string of the molecule is CC(C)N(Cc1ccc(Cl)nc1)CC1CC1. The molecule has 0 spiro atoms. The second-order valence-electron chi connectivity index (χ2n) is 4.96. The molecule has 0 unspecified atom stereocenters. The van der Waals surface area contributed by atoms with Crippen LogP contribution in [0.3, 0.4) is 0 Å². The molecule has 1 saturated carbocycles. The van der Waals surface area contributed by atoms with Gasteiger partial charge in [0.1, 0.15) is 5.15 Å². The van der Waals surface area contributed by atoms with Crippen LogP contribution in [0.2, 0.25) is 5.15 Å².